The average Bonchev–Trinajstić information content (AvgIpc) is 3.02. The molecule has 0 atom stereocenters. The summed E-state index contributed by atoms with van der Waals surface area (Å²) in [5.74, 6) is 0.917. The number of aldehydes is 2. The van der Waals surface area contributed by atoms with Gasteiger partial charge in [0.15, 0.2) is 24.1 Å². The van der Waals surface area contributed by atoms with Gasteiger partial charge in [-0.1, -0.05) is 0 Å². The molecule has 18 heavy (non-hydrogen) atoms. The highest BCUT2D eigenvalue weighted by Crippen LogP contribution is 1.93. The van der Waals surface area contributed by atoms with Crippen LogP contribution in [0.4, 0.5) is 0 Å². The fourth-order valence-electron chi connectivity index (χ4n) is 0.717. The van der Waals surface area contributed by atoms with Crippen LogP contribution in [0.25, 0.3) is 0 Å². The predicted octanol–water partition coefficient (Wildman–Crippen LogP) is 2.78. The molecule has 5 heteroatoms. The minimum absolute atomic E-state index is 0.167. The smallest absolute Gasteiger partial charge is 0.185 e. The van der Waals surface area contributed by atoms with Crippen LogP contribution in [0.3, 0.4) is 0 Å². The van der Waals surface area contributed by atoms with Gasteiger partial charge in [0.25, 0.3) is 0 Å². The molecule has 0 saturated heterocycles. The maximum absolute atomic E-state index is 9.77. The molecule has 2 rings (SSSR count). The molecule has 0 N–H and O–H groups in total. The summed E-state index contributed by atoms with van der Waals surface area (Å²) < 4.78 is 9.23. The van der Waals surface area contributed by atoms with Gasteiger partial charge in [-0.3, -0.25) is 9.59 Å². The van der Waals surface area contributed by atoms with Crippen molar-refractivity contribution in [1.29, 1.82) is 0 Å². The van der Waals surface area contributed by atoms with Crippen LogP contribution in [0.15, 0.2) is 45.6 Å². The van der Waals surface area contributed by atoms with Crippen LogP contribution in [0.5, 0.6) is 0 Å². The Balaban J connectivity index is 0.000000253. The molecule has 0 radical (unpaired) electrons. The summed E-state index contributed by atoms with van der Waals surface area (Å²) in [5.41, 5.74) is 0. The highest BCUT2D eigenvalue weighted by molar-refractivity contribution is 5.72. The van der Waals surface area contributed by atoms with E-state index >= 15 is 0 Å². The highest BCUT2D eigenvalue weighted by Gasteiger charge is 1.85. The van der Waals surface area contributed by atoms with E-state index in [2.05, 4.69) is 8.83 Å². The van der Waals surface area contributed by atoms with Crippen LogP contribution in [-0.2, 0) is 4.79 Å². The Morgan fingerprint density at radius 3 is 1.39 bits per heavy atom. The topological polar surface area (TPSA) is 77.5 Å². The number of hydrogen-bond donors (Lipinski definition) is 0. The Bertz CT molecular complexity index is 397. The summed E-state index contributed by atoms with van der Waals surface area (Å²) in [6, 6.07) is 6.55. The van der Waals surface area contributed by atoms with Crippen LogP contribution in [0, 0.1) is 0 Å². The predicted molar refractivity (Wildman–Crippen MR) is 64.5 cm³/mol. The zero-order chi connectivity index (χ0) is 13.8. The largest absolute Gasteiger partial charge is 0.462 e. The maximum Gasteiger partial charge on any atom is 0.185 e. The normalized spacial score (nSPS) is 8.11. The molecule has 0 aliphatic rings. The third-order valence-corrected chi connectivity index (χ3v) is 1.32. The first-order valence-corrected chi connectivity index (χ1v) is 5.04. The van der Waals surface area contributed by atoms with Crippen molar-refractivity contribution in [2.24, 2.45) is 0 Å². The van der Waals surface area contributed by atoms with Gasteiger partial charge in [0, 0.05) is 0 Å². The molecule has 2 aromatic rings. The molecule has 0 aliphatic carbocycles. The molecular weight excluding hydrogens is 236 g/mol. The summed E-state index contributed by atoms with van der Waals surface area (Å²) in [5, 5.41) is 0. The molecule has 0 amide bonds. The summed E-state index contributed by atoms with van der Waals surface area (Å²) in [6.45, 7) is 3.06. The fourth-order valence-corrected chi connectivity index (χ4v) is 0.717. The van der Waals surface area contributed by atoms with E-state index in [0.29, 0.717) is 24.1 Å². The molecule has 0 bridgehead atoms. The lowest BCUT2D eigenvalue weighted by molar-refractivity contribution is -0.115. The van der Waals surface area contributed by atoms with E-state index in [-0.39, 0.29) is 5.78 Å². The van der Waals surface area contributed by atoms with E-state index < -0.39 is 0 Å². The first kappa shape index (κ1) is 15.6. The van der Waals surface area contributed by atoms with Crippen LogP contribution >= 0.6 is 0 Å². The Kier molecular flexibility index (Phi) is 8.45. The zero-order valence-corrected chi connectivity index (χ0v) is 10.2. The lowest BCUT2D eigenvalue weighted by atomic mass is 10.5. The van der Waals surface area contributed by atoms with Crippen molar-refractivity contribution < 1.29 is 23.2 Å². The summed E-state index contributed by atoms with van der Waals surface area (Å²) in [7, 11) is 0. The Morgan fingerprint density at radius 1 is 0.944 bits per heavy atom. The van der Waals surface area contributed by atoms with Gasteiger partial charge in [0.1, 0.15) is 5.78 Å². The number of carbonyl (C=O) groups excluding carboxylic acids is 3. The van der Waals surface area contributed by atoms with Gasteiger partial charge in [-0.25, -0.2) is 0 Å². The van der Waals surface area contributed by atoms with Crippen LogP contribution < -0.4 is 0 Å². The van der Waals surface area contributed by atoms with Gasteiger partial charge in [-0.15, -0.1) is 0 Å². The first-order chi connectivity index (χ1) is 8.60. The molecular formula is C13H14O5. The van der Waals surface area contributed by atoms with E-state index in [0.717, 1.165) is 0 Å². The molecule has 0 spiro atoms. The monoisotopic (exact) mass is 250 g/mol. The van der Waals surface area contributed by atoms with E-state index in [1.165, 1.54) is 26.4 Å². The van der Waals surface area contributed by atoms with Gasteiger partial charge in [0.2, 0.25) is 0 Å². The average molecular weight is 250 g/mol. The number of hydrogen-bond acceptors (Lipinski definition) is 5. The van der Waals surface area contributed by atoms with Crippen molar-refractivity contribution in [1.82, 2.24) is 0 Å². The molecule has 0 unspecified atom stereocenters. The van der Waals surface area contributed by atoms with Gasteiger partial charge >= 0.3 is 0 Å². The second kappa shape index (κ2) is 9.77. The first-order valence-electron chi connectivity index (χ1n) is 5.04. The zero-order valence-electron chi connectivity index (χ0n) is 10.2. The minimum Gasteiger partial charge on any atom is -0.462 e. The number of carbonyl (C=O) groups is 3. The highest BCUT2D eigenvalue weighted by atomic mass is 16.3. The summed E-state index contributed by atoms with van der Waals surface area (Å²) in [6.07, 6.45) is 4.26. The van der Waals surface area contributed by atoms with Gasteiger partial charge in [0.05, 0.1) is 12.5 Å². The van der Waals surface area contributed by atoms with Crippen molar-refractivity contribution in [3.8, 4) is 0 Å². The molecule has 0 fully saturated rings. The SMILES string of the molecule is CC(C)=O.O=Cc1ccco1.O=Cc1ccco1. The van der Waals surface area contributed by atoms with E-state index in [9.17, 15) is 14.4 Å². The van der Waals surface area contributed by atoms with Gasteiger partial charge < -0.3 is 13.6 Å². The minimum atomic E-state index is 0.167. The van der Waals surface area contributed by atoms with Crippen LogP contribution in [0.2, 0.25) is 0 Å². The Hall–Kier alpha value is -2.43. The van der Waals surface area contributed by atoms with Crippen molar-refractivity contribution in [2.75, 3.05) is 0 Å². The number of furan rings is 2. The molecule has 5 nitrogen and oxygen atoms in total. The second-order valence-corrected chi connectivity index (χ2v) is 3.17. The van der Waals surface area contributed by atoms with Crippen LogP contribution in [0.1, 0.15) is 35.0 Å². The van der Waals surface area contributed by atoms with Crippen molar-refractivity contribution >= 4 is 18.4 Å². The molecule has 0 saturated carbocycles. The van der Waals surface area contributed by atoms with Crippen molar-refractivity contribution in [2.45, 2.75) is 13.8 Å². The number of Topliss-reactive ketones (excluding diaryl/α,β-unsaturated/α-hetero) is 1. The lowest BCUT2D eigenvalue weighted by Crippen LogP contribution is -1.69. The number of ketones is 1. The molecule has 2 heterocycles. The quantitative estimate of drug-likeness (QED) is 0.766. The lowest BCUT2D eigenvalue weighted by Gasteiger charge is -1.68. The molecule has 0 aliphatic heterocycles. The van der Waals surface area contributed by atoms with E-state index in [1.54, 1.807) is 24.3 Å². The third-order valence-electron chi connectivity index (χ3n) is 1.32. The fraction of sp³-hybridized carbons (Fsp3) is 0.154. The molecule has 96 valence electrons. The van der Waals surface area contributed by atoms with E-state index in [1.807, 2.05) is 0 Å². The maximum atomic E-state index is 9.77. The Morgan fingerprint density at radius 2 is 1.28 bits per heavy atom. The van der Waals surface area contributed by atoms with Crippen molar-refractivity contribution in [3.05, 3.63) is 48.3 Å². The molecule has 0 aromatic carbocycles. The standard InChI is InChI=1S/2C5H4O2.C3H6O/c2*6-4-5-2-1-3-7-5;1-3(2)4/h2*1-4H;1-2H3. The van der Waals surface area contributed by atoms with Gasteiger partial charge in [-0.05, 0) is 38.1 Å². The van der Waals surface area contributed by atoms with Crippen molar-refractivity contribution in [3.63, 3.8) is 0 Å². The van der Waals surface area contributed by atoms with Gasteiger partial charge in [-0.2, -0.15) is 0 Å². The second-order valence-electron chi connectivity index (χ2n) is 3.17. The Labute approximate surface area is 104 Å². The number of rotatable bonds is 2. The van der Waals surface area contributed by atoms with E-state index in [4.69, 9.17) is 0 Å². The molecule has 2 aromatic heterocycles. The third kappa shape index (κ3) is 8.84. The van der Waals surface area contributed by atoms with Crippen LogP contribution in [-0.4, -0.2) is 18.4 Å². The summed E-state index contributed by atoms with van der Waals surface area (Å²) >= 11 is 0. The summed E-state index contributed by atoms with van der Waals surface area (Å²) in [4.78, 5) is 29.0.